The van der Waals surface area contributed by atoms with E-state index in [-0.39, 0.29) is 5.82 Å². The molecule has 2 aromatic rings. The van der Waals surface area contributed by atoms with Gasteiger partial charge in [-0.15, -0.1) is 0 Å². The highest BCUT2D eigenvalue weighted by atomic mass is 19.1. The Balaban J connectivity index is 2.64. The first-order chi connectivity index (χ1) is 7.99. The van der Waals surface area contributed by atoms with Crippen molar-refractivity contribution in [1.82, 2.24) is 9.97 Å². The molecule has 0 aliphatic carbocycles. The van der Waals surface area contributed by atoms with E-state index < -0.39 is 0 Å². The smallest absolute Gasteiger partial charge is 0.130 e. The summed E-state index contributed by atoms with van der Waals surface area (Å²) in [6.45, 7) is 5.33. The van der Waals surface area contributed by atoms with E-state index in [1.807, 2.05) is 13.0 Å². The maximum absolute atomic E-state index is 13.5. The van der Waals surface area contributed by atoms with Crippen LogP contribution in [0.3, 0.4) is 0 Å². The molecule has 0 amide bonds. The predicted molar refractivity (Wildman–Crippen MR) is 66.0 cm³/mol. The van der Waals surface area contributed by atoms with Gasteiger partial charge >= 0.3 is 0 Å². The van der Waals surface area contributed by atoms with Crippen LogP contribution < -0.4 is 5.73 Å². The Morgan fingerprint density at radius 1 is 1.12 bits per heavy atom. The van der Waals surface area contributed by atoms with Crippen molar-refractivity contribution in [1.29, 1.82) is 0 Å². The largest absolute Gasteiger partial charge is 0.383 e. The molecule has 2 N–H and O–H groups in total. The minimum atomic E-state index is -0.239. The normalized spacial score (nSPS) is 10.6. The number of aromatic nitrogens is 2. The van der Waals surface area contributed by atoms with Crippen LogP contribution in [0.5, 0.6) is 0 Å². The van der Waals surface area contributed by atoms with E-state index in [0.717, 1.165) is 11.1 Å². The first kappa shape index (κ1) is 11.5. The second-order valence-electron chi connectivity index (χ2n) is 4.09. The third-order valence-electron chi connectivity index (χ3n) is 2.74. The lowest BCUT2D eigenvalue weighted by molar-refractivity contribution is 0.619. The molecule has 1 heterocycles. The molecule has 0 fully saturated rings. The Hall–Kier alpha value is -1.97. The van der Waals surface area contributed by atoms with Gasteiger partial charge in [-0.05, 0) is 32.4 Å². The average Bonchev–Trinajstić information content (AvgIpc) is 2.27. The van der Waals surface area contributed by atoms with Gasteiger partial charge in [-0.2, -0.15) is 0 Å². The van der Waals surface area contributed by atoms with Gasteiger partial charge in [0.1, 0.15) is 17.5 Å². The van der Waals surface area contributed by atoms with Crippen molar-refractivity contribution in [3.05, 3.63) is 41.0 Å². The molecule has 3 nitrogen and oxygen atoms in total. The molecule has 4 heteroatoms. The van der Waals surface area contributed by atoms with Crippen LogP contribution in [-0.4, -0.2) is 9.97 Å². The zero-order chi connectivity index (χ0) is 12.6. The van der Waals surface area contributed by atoms with Crippen molar-refractivity contribution in [2.45, 2.75) is 20.8 Å². The van der Waals surface area contributed by atoms with Crippen LogP contribution in [0, 0.1) is 26.6 Å². The molecule has 0 aliphatic heterocycles. The fraction of sp³-hybridized carbons (Fsp3) is 0.231. The molecule has 0 atom stereocenters. The quantitative estimate of drug-likeness (QED) is 0.821. The summed E-state index contributed by atoms with van der Waals surface area (Å²) in [5.74, 6) is 0.786. The van der Waals surface area contributed by atoms with Crippen LogP contribution in [0.15, 0.2) is 18.2 Å². The van der Waals surface area contributed by atoms with Crippen molar-refractivity contribution in [2.24, 2.45) is 0 Å². The number of hydrogen-bond acceptors (Lipinski definition) is 3. The highest BCUT2D eigenvalue weighted by Gasteiger charge is 2.10. The van der Waals surface area contributed by atoms with E-state index >= 15 is 0 Å². The summed E-state index contributed by atoms with van der Waals surface area (Å²) in [7, 11) is 0. The third kappa shape index (κ3) is 2.11. The van der Waals surface area contributed by atoms with E-state index in [1.165, 1.54) is 6.07 Å². The fourth-order valence-corrected chi connectivity index (χ4v) is 1.67. The Labute approximate surface area is 99.5 Å². The minimum absolute atomic E-state index is 0.239. The fourth-order valence-electron chi connectivity index (χ4n) is 1.67. The van der Waals surface area contributed by atoms with E-state index in [9.17, 15) is 4.39 Å². The second kappa shape index (κ2) is 4.13. The van der Waals surface area contributed by atoms with Crippen LogP contribution in [0.25, 0.3) is 11.3 Å². The summed E-state index contributed by atoms with van der Waals surface area (Å²) in [5.41, 5.74) is 8.59. The topological polar surface area (TPSA) is 51.8 Å². The van der Waals surface area contributed by atoms with Crippen LogP contribution in [0.1, 0.15) is 17.0 Å². The van der Waals surface area contributed by atoms with Gasteiger partial charge in [0.25, 0.3) is 0 Å². The summed E-state index contributed by atoms with van der Waals surface area (Å²) in [5, 5.41) is 0. The predicted octanol–water partition coefficient (Wildman–Crippen LogP) is 2.79. The van der Waals surface area contributed by atoms with E-state index in [1.54, 1.807) is 19.9 Å². The molecule has 2 rings (SSSR count). The highest BCUT2D eigenvalue weighted by molar-refractivity contribution is 5.67. The van der Waals surface area contributed by atoms with Gasteiger partial charge < -0.3 is 5.73 Å². The van der Waals surface area contributed by atoms with Crippen molar-refractivity contribution in [2.75, 3.05) is 5.73 Å². The van der Waals surface area contributed by atoms with Gasteiger partial charge in [0, 0.05) is 11.1 Å². The van der Waals surface area contributed by atoms with E-state index in [2.05, 4.69) is 9.97 Å². The maximum atomic E-state index is 13.5. The summed E-state index contributed by atoms with van der Waals surface area (Å²) >= 11 is 0. The average molecular weight is 231 g/mol. The zero-order valence-corrected chi connectivity index (χ0v) is 10.1. The van der Waals surface area contributed by atoms with Crippen molar-refractivity contribution >= 4 is 5.82 Å². The number of benzene rings is 1. The lowest BCUT2D eigenvalue weighted by Gasteiger charge is -2.09. The molecule has 1 aromatic heterocycles. The Morgan fingerprint density at radius 3 is 2.47 bits per heavy atom. The summed E-state index contributed by atoms with van der Waals surface area (Å²) in [6, 6.07) is 5.05. The molecule has 0 unspecified atom stereocenters. The number of hydrogen-bond donors (Lipinski definition) is 1. The highest BCUT2D eigenvalue weighted by Crippen LogP contribution is 2.25. The number of nitrogens with zero attached hydrogens (tertiary/aromatic N) is 2. The number of nitrogens with two attached hydrogens (primary N) is 1. The van der Waals surface area contributed by atoms with Crippen LogP contribution in [0.2, 0.25) is 0 Å². The Morgan fingerprint density at radius 2 is 1.82 bits per heavy atom. The number of anilines is 1. The van der Waals surface area contributed by atoms with Crippen molar-refractivity contribution in [3.8, 4) is 11.3 Å². The SMILES string of the molecule is Cc1nc(N)c(C)c(-c2ccc(C)c(F)c2)n1. The molecule has 1 aromatic carbocycles. The van der Waals surface area contributed by atoms with Crippen LogP contribution in [0.4, 0.5) is 10.2 Å². The monoisotopic (exact) mass is 231 g/mol. The Bertz CT molecular complexity index is 579. The van der Waals surface area contributed by atoms with Gasteiger partial charge in [-0.1, -0.05) is 12.1 Å². The molecule has 0 saturated heterocycles. The maximum Gasteiger partial charge on any atom is 0.130 e. The molecular formula is C13H14FN3. The van der Waals surface area contributed by atoms with E-state index in [4.69, 9.17) is 5.73 Å². The van der Waals surface area contributed by atoms with Gasteiger partial charge in [-0.3, -0.25) is 0 Å². The number of halogens is 1. The van der Waals surface area contributed by atoms with E-state index in [0.29, 0.717) is 22.9 Å². The molecule has 0 bridgehead atoms. The summed E-state index contributed by atoms with van der Waals surface area (Å²) < 4.78 is 13.5. The molecule has 0 saturated carbocycles. The number of aryl methyl sites for hydroxylation is 2. The van der Waals surface area contributed by atoms with Crippen molar-refractivity contribution < 1.29 is 4.39 Å². The van der Waals surface area contributed by atoms with Crippen LogP contribution in [-0.2, 0) is 0 Å². The Kier molecular flexibility index (Phi) is 2.79. The molecule has 0 spiro atoms. The second-order valence-corrected chi connectivity index (χ2v) is 4.09. The standard InChI is InChI=1S/C13H14FN3/c1-7-4-5-10(6-11(7)14)12-8(2)13(15)17-9(3)16-12/h4-6H,1-3H3,(H2,15,16,17). The minimum Gasteiger partial charge on any atom is -0.383 e. The summed E-state index contributed by atoms with van der Waals surface area (Å²) in [4.78, 5) is 8.39. The third-order valence-corrected chi connectivity index (χ3v) is 2.74. The van der Waals surface area contributed by atoms with Gasteiger partial charge in [-0.25, -0.2) is 14.4 Å². The lowest BCUT2D eigenvalue weighted by atomic mass is 10.1. The van der Waals surface area contributed by atoms with Gasteiger partial charge in [0.15, 0.2) is 0 Å². The molecule has 0 radical (unpaired) electrons. The number of rotatable bonds is 1. The molecular weight excluding hydrogens is 217 g/mol. The zero-order valence-electron chi connectivity index (χ0n) is 10.1. The lowest BCUT2D eigenvalue weighted by Crippen LogP contribution is -2.02. The first-order valence-electron chi connectivity index (χ1n) is 5.36. The molecule has 88 valence electrons. The van der Waals surface area contributed by atoms with Crippen LogP contribution >= 0.6 is 0 Å². The number of nitrogen functional groups attached to an aromatic ring is 1. The molecule has 0 aliphatic rings. The molecule has 17 heavy (non-hydrogen) atoms. The van der Waals surface area contributed by atoms with Gasteiger partial charge in [0.05, 0.1) is 5.69 Å². The first-order valence-corrected chi connectivity index (χ1v) is 5.36. The van der Waals surface area contributed by atoms with Crippen molar-refractivity contribution in [3.63, 3.8) is 0 Å². The summed E-state index contributed by atoms with van der Waals surface area (Å²) in [6.07, 6.45) is 0. The van der Waals surface area contributed by atoms with Gasteiger partial charge in [0.2, 0.25) is 0 Å².